The predicted molar refractivity (Wildman–Crippen MR) is 230 cm³/mol. The quantitative estimate of drug-likeness (QED) is 0.0818. The summed E-state index contributed by atoms with van der Waals surface area (Å²) in [5.74, 6) is -0.981. The van der Waals surface area contributed by atoms with Crippen LogP contribution >= 0.6 is 23.2 Å². The molecule has 2 aliphatic heterocycles. The van der Waals surface area contributed by atoms with Crippen molar-refractivity contribution in [1.82, 2.24) is 30.5 Å². The number of H-pyrrole nitrogens is 1. The lowest BCUT2D eigenvalue weighted by Crippen LogP contribution is -2.53. The molecule has 3 atom stereocenters. The van der Waals surface area contributed by atoms with Gasteiger partial charge >= 0.3 is 12.5 Å². The summed E-state index contributed by atoms with van der Waals surface area (Å²) in [4.78, 5) is 65.7. The standard InChI is InChI=1S/C43H49Cl2F3N8O7/c1-23-18-31(56(22-23)39(58)35(54-41(60)61-5)26-12-16-62-17-13-26)37-53-34(36(45)55-37)25-8-6-24(7-9-25)28-19-30(44)29(20-32(28)63-43(46,47)48)38(57)52-27-10-11-33(51-21-27)49-14-15-50-40(59)42(2,3)4/h6-11,19-21,23,26,31,35H,12-18,22H2,1-5H3,(H,49,51)(H,50,59)(H,52,57)(H,53,55)(H,54,60). The summed E-state index contributed by atoms with van der Waals surface area (Å²) < 4.78 is 56.0. The first-order valence-electron chi connectivity index (χ1n) is 20.3. The number of carbonyl (C=O) groups is 4. The van der Waals surface area contributed by atoms with Gasteiger partial charge < -0.3 is 45.4 Å². The van der Waals surface area contributed by atoms with Crippen LogP contribution in [-0.4, -0.2) is 96.0 Å². The smallest absolute Gasteiger partial charge is 0.453 e. The molecule has 2 saturated heterocycles. The van der Waals surface area contributed by atoms with Gasteiger partial charge in [-0.05, 0) is 60.9 Å². The first kappa shape index (κ1) is 46.9. The van der Waals surface area contributed by atoms with Gasteiger partial charge in [0, 0.05) is 49.4 Å². The fourth-order valence-corrected chi connectivity index (χ4v) is 7.93. The third kappa shape index (κ3) is 11.9. The molecule has 0 radical (unpaired) electrons. The van der Waals surface area contributed by atoms with E-state index in [2.05, 4.69) is 36.0 Å². The summed E-state index contributed by atoms with van der Waals surface area (Å²) in [6.45, 7) is 9.55. The van der Waals surface area contributed by atoms with Crippen molar-refractivity contribution >= 4 is 58.5 Å². The second kappa shape index (κ2) is 19.8. The van der Waals surface area contributed by atoms with Crippen molar-refractivity contribution in [2.45, 2.75) is 65.4 Å². The predicted octanol–water partition coefficient (Wildman–Crippen LogP) is 8.23. The van der Waals surface area contributed by atoms with Gasteiger partial charge in [-0.1, -0.05) is 75.2 Å². The summed E-state index contributed by atoms with van der Waals surface area (Å²) >= 11 is 13.2. The Balaban J connectivity index is 1.18. The van der Waals surface area contributed by atoms with Gasteiger partial charge in [0.1, 0.15) is 34.3 Å². The van der Waals surface area contributed by atoms with E-state index in [9.17, 15) is 32.3 Å². The van der Waals surface area contributed by atoms with Crippen molar-refractivity contribution in [3.8, 4) is 28.1 Å². The number of methoxy groups -OCH3 is 1. The van der Waals surface area contributed by atoms with Crippen LogP contribution in [0.5, 0.6) is 5.75 Å². The molecule has 5 N–H and O–H groups in total. The first-order chi connectivity index (χ1) is 29.8. The Hall–Kier alpha value is -5.59. The number of pyridine rings is 1. The number of anilines is 2. The maximum Gasteiger partial charge on any atom is 0.573 e. The van der Waals surface area contributed by atoms with E-state index >= 15 is 0 Å². The molecule has 0 spiro atoms. The highest BCUT2D eigenvalue weighted by Crippen LogP contribution is 2.41. The molecule has 0 saturated carbocycles. The average molecular weight is 918 g/mol. The number of nitrogens with one attached hydrogen (secondary N) is 5. The fraction of sp³-hybridized carbons (Fsp3) is 0.442. The Morgan fingerprint density at radius 3 is 2.33 bits per heavy atom. The van der Waals surface area contributed by atoms with Gasteiger partial charge in [-0.2, -0.15) is 0 Å². The maximum atomic E-state index is 14.1. The zero-order chi connectivity index (χ0) is 45.6. The number of carbonyl (C=O) groups excluding carboxylic acids is 4. The highest BCUT2D eigenvalue weighted by molar-refractivity contribution is 6.35. The van der Waals surface area contributed by atoms with Crippen molar-refractivity contribution < 1.29 is 46.6 Å². The van der Waals surface area contributed by atoms with E-state index in [0.717, 1.165) is 6.07 Å². The van der Waals surface area contributed by atoms with Crippen LogP contribution in [0.25, 0.3) is 22.4 Å². The number of alkyl halides is 3. The number of hydrogen-bond acceptors (Lipinski definition) is 10. The molecule has 2 aromatic heterocycles. The minimum atomic E-state index is -5.11. The van der Waals surface area contributed by atoms with Crippen LogP contribution in [0.4, 0.5) is 29.5 Å². The molecule has 0 aliphatic carbocycles. The second-order valence-electron chi connectivity index (χ2n) is 16.5. The minimum absolute atomic E-state index is 0.0428. The van der Waals surface area contributed by atoms with E-state index in [1.54, 1.807) is 41.3 Å². The normalized spacial score (nSPS) is 17.5. The Kier molecular flexibility index (Phi) is 14.8. The molecule has 63 heavy (non-hydrogen) atoms. The van der Waals surface area contributed by atoms with Crippen molar-refractivity contribution in [2.75, 3.05) is 50.6 Å². The minimum Gasteiger partial charge on any atom is -0.453 e. The Labute approximate surface area is 372 Å². The summed E-state index contributed by atoms with van der Waals surface area (Å²) in [6.07, 6.45) is -2.70. The van der Waals surface area contributed by atoms with Gasteiger partial charge in [-0.25, -0.2) is 14.8 Å². The molecule has 4 amide bonds. The maximum absolute atomic E-state index is 14.1. The summed E-state index contributed by atoms with van der Waals surface area (Å²) in [5, 5.41) is 11.2. The number of rotatable bonds is 13. The molecule has 4 aromatic rings. The molecule has 2 aliphatic rings. The van der Waals surface area contributed by atoms with Crippen LogP contribution in [0.2, 0.25) is 10.2 Å². The molecular formula is C43H49Cl2F3N8O7. The molecule has 4 heterocycles. The largest absolute Gasteiger partial charge is 0.573 e. The fourth-order valence-electron chi connectivity index (χ4n) is 7.43. The van der Waals surface area contributed by atoms with Gasteiger partial charge in [-0.15, -0.1) is 13.2 Å². The third-order valence-electron chi connectivity index (χ3n) is 10.7. The van der Waals surface area contributed by atoms with Crippen LogP contribution < -0.4 is 26.0 Å². The van der Waals surface area contributed by atoms with Crippen molar-refractivity contribution in [2.24, 2.45) is 17.3 Å². The number of aromatic nitrogens is 3. The van der Waals surface area contributed by atoms with Crippen molar-refractivity contribution in [3.05, 3.63) is 76.3 Å². The van der Waals surface area contributed by atoms with Gasteiger partial charge in [0.05, 0.1) is 35.6 Å². The molecule has 3 unspecified atom stereocenters. The number of likely N-dealkylation sites (tertiary alicyclic amines) is 1. The molecule has 2 aromatic carbocycles. The van der Waals surface area contributed by atoms with E-state index < -0.39 is 41.6 Å². The van der Waals surface area contributed by atoms with E-state index in [1.165, 1.54) is 19.4 Å². The number of alkyl carbamates (subject to hydrolysis) is 1. The molecular weight excluding hydrogens is 868 g/mol. The van der Waals surface area contributed by atoms with Gasteiger partial charge in [0.15, 0.2) is 0 Å². The topological polar surface area (TPSA) is 189 Å². The number of aromatic amines is 1. The van der Waals surface area contributed by atoms with E-state index in [4.69, 9.17) is 37.7 Å². The summed E-state index contributed by atoms with van der Waals surface area (Å²) in [5.41, 5.74) is 0.546. The van der Waals surface area contributed by atoms with Gasteiger partial charge in [0.2, 0.25) is 11.8 Å². The van der Waals surface area contributed by atoms with E-state index in [0.29, 0.717) is 75.0 Å². The lowest BCUT2D eigenvalue weighted by Gasteiger charge is -2.34. The molecule has 6 rings (SSSR count). The Bertz CT molecular complexity index is 2280. The van der Waals surface area contributed by atoms with Crippen LogP contribution in [0.3, 0.4) is 0 Å². The summed E-state index contributed by atoms with van der Waals surface area (Å²) in [7, 11) is 1.24. The van der Waals surface area contributed by atoms with Crippen molar-refractivity contribution in [3.63, 3.8) is 0 Å². The number of halogens is 5. The van der Waals surface area contributed by atoms with Gasteiger partial charge in [-0.3, -0.25) is 14.4 Å². The highest BCUT2D eigenvalue weighted by Gasteiger charge is 2.42. The summed E-state index contributed by atoms with van der Waals surface area (Å²) in [6, 6.07) is 10.3. The molecule has 2 fully saturated rings. The first-order valence-corrected chi connectivity index (χ1v) is 21.0. The number of hydrogen-bond donors (Lipinski definition) is 5. The lowest BCUT2D eigenvalue weighted by atomic mass is 9.90. The Morgan fingerprint density at radius 2 is 1.70 bits per heavy atom. The SMILES string of the molecule is COC(=O)NC(C(=O)N1CC(C)CC1c1nc(-c2ccc(-c3cc(Cl)c(C(=O)Nc4ccc(NCCNC(=O)C(C)(C)C)nc4)cc3OC(F)(F)F)cc2)c(Cl)[nH]1)C1CCOCC1. The Morgan fingerprint density at radius 1 is 1.00 bits per heavy atom. The van der Waals surface area contributed by atoms with Gasteiger partial charge in [0.25, 0.3) is 5.91 Å². The number of ether oxygens (including phenoxy) is 3. The second-order valence-corrected chi connectivity index (χ2v) is 17.3. The van der Waals surface area contributed by atoms with E-state index in [1.807, 2.05) is 27.7 Å². The molecule has 0 bridgehead atoms. The number of benzene rings is 2. The van der Waals surface area contributed by atoms with Crippen LogP contribution in [0.15, 0.2) is 54.7 Å². The highest BCUT2D eigenvalue weighted by atomic mass is 35.5. The number of imidazole rings is 1. The van der Waals surface area contributed by atoms with Crippen LogP contribution in [0.1, 0.15) is 69.2 Å². The molecule has 338 valence electrons. The third-order valence-corrected chi connectivity index (χ3v) is 11.3. The monoisotopic (exact) mass is 916 g/mol. The molecule has 20 heteroatoms. The van der Waals surface area contributed by atoms with E-state index in [-0.39, 0.29) is 56.2 Å². The zero-order valence-corrected chi connectivity index (χ0v) is 36.8. The van der Waals surface area contributed by atoms with Crippen LogP contribution in [0, 0.1) is 17.3 Å². The lowest BCUT2D eigenvalue weighted by molar-refractivity contribution is -0.274. The van der Waals surface area contributed by atoms with Crippen LogP contribution in [-0.2, 0) is 19.1 Å². The average Bonchev–Trinajstić information content (AvgIpc) is 3.83. The zero-order valence-electron chi connectivity index (χ0n) is 35.3. The number of nitrogens with zero attached hydrogens (tertiary/aromatic N) is 3. The van der Waals surface area contributed by atoms with Crippen molar-refractivity contribution in [1.29, 1.82) is 0 Å². The number of amides is 4. The molecule has 15 nitrogen and oxygen atoms in total.